The minimum absolute atomic E-state index is 0.346. The number of aryl methyl sites for hydroxylation is 1. The molecule has 0 saturated carbocycles. The molecule has 6 nitrogen and oxygen atoms in total. The van der Waals surface area contributed by atoms with Gasteiger partial charge in [-0.3, -0.25) is 4.84 Å². The Balaban J connectivity index is 1.99. The van der Waals surface area contributed by atoms with Gasteiger partial charge in [-0.05, 0) is 12.8 Å². The molecule has 1 rings (SSSR count). The second-order valence-electron chi connectivity index (χ2n) is 2.42. The Labute approximate surface area is 74.9 Å². The molecule has 0 unspecified atom stereocenters. The van der Waals surface area contributed by atoms with Gasteiger partial charge in [-0.1, -0.05) is 0 Å². The SMILES string of the molecule is O=C(O)NOCCCc1c[nH]cn1. The maximum atomic E-state index is 9.94. The van der Waals surface area contributed by atoms with Crippen molar-refractivity contribution in [2.45, 2.75) is 12.8 Å². The second kappa shape index (κ2) is 5.15. The van der Waals surface area contributed by atoms with Crippen LogP contribution in [-0.4, -0.2) is 27.8 Å². The van der Waals surface area contributed by atoms with E-state index in [4.69, 9.17) is 5.11 Å². The number of hydrogen-bond donors (Lipinski definition) is 3. The summed E-state index contributed by atoms with van der Waals surface area (Å²) in [4.78, 5) is 21.4. The summed E-state index contributed by atoms with van der Waals surface area (Å²) in [6.07, 6.45) is 3.71. The third kappa shape index (κ3) is 4.12. The lowest BCUT2D eigenvalue weighted by Gasteiger charge is -2.00. The molecule has 1 aromatic rings. The molecule has 1 amide bonds. The number of aromatic nitrogens is 2. The van der Waals surface area contributed by atoms with Crippen molar-refractivity contribution in [3.8, 4) is 0 Å². The van der Waals surface area contributed by atoms with Crippen molar-refractivity contribution in [1.82, 2.24) is 15.4 Å². The van der Waals surface area contributed by atoms with Gasteiger partial charge in [0.2, 0.25) is 0 Å². The van der Waals surface area contributed by atoms with Gasteiger partial charge < -0.3 is 10.1 Å². The first kappa shape index (κ1) is 9.53. The number of carbonyl (C=O) groups is 1. The number of nitrogens with one attached hydrogen (secondary N) is 2. The standard InChI is InChI=1S/C7H11N3O3/c11-7(12)10-13-3-1-2-6-4-8-5-9-6/h4-5,10H,1-3H2,(H,8,9)(H,11,12). The first-order valence-corrected chi connectivity index (χ1v) is 3.87. The highest BCUT2D eigenvalue weighted by Crippen LogP contribution is 1.95. The molecular formula is C7H11N3O3. The second-order valence-corrected chi connectivity index (χ2v) is 2.42. The Morgan fingerprint density at radius 1 is 1.77 bits per heavy atom. The number of carboxylic acid groups (broad SMARTS) is 1. The molecule has 72 valence electrons. The first-order chi connectivity index (χ1) is 6.29. The van der Waals surface area contributed by atoms with Gasteiger partial charge in [-0.2, -0.15) is 5.48 Å². The monoisotopic (exact) mass is 185 g/mol. The number of rotatable bonds is 5. The molecule has 0 aliphatic rings. The van der Waals surface area contributed by atoms with E-state index in [-0.39, 0.29) is 0 Å². The van der Waals surface area contributed by atoms with E-state index in [1.54, 1.807) is 12.5 Å². The molecule has 0 radical (unpaired) electrons. The van der Waals surface area contributed by atoms with Gasteiger partial charge in [0.25, 0.3) is 0 Å². The zero-order valence-electron chi connectivity index (χ0n) is 6.99. The quantitative estimate of drug-likeness (QED) is 0.461. The van der Waals surface area contributed by atoms with Crippen LogP contribution in [0.5, 0.6) is 0 Å². The van der Waals surface area contributed by atoms with Crippen molar-refractivity contribution < 1.29 is 14.7 Å². The predicted molar refractivity (Wildman–Crippen MR) is 44.0 cm³/mol. The van der Waals surface area contributed by atoms with E-state index in [0.717, 1.165) is 18.5 Å². The minimum Gasteiger partial charge on any atom is -0.464 e. The van der Waals surface area contributed by atoms with E-state index < -0.39 is 6.09 Å². The van der Waals surface area contributed by atoms with Crippen LogP contribution in [-0.2, 0) is 11.3 Å². The van der Waals surface area contributed by atoms with Gasteiger partial charge in [-0.25, -0.2) is 9.78 Å². The molecule has 3 N–H and O–H groups in total. The molecule has 0 bridgehead atoms. The number of aromatic amines is 1. The molecule has 0 atom stereocenters. The molecule has 6 heteroatoms. The van der Waals surface area contributed by atoms with Crippen molar-refractivity contribution in [2.75, 3.05) is 6.61 Å². The molecule has 0 spiro atoms. The number of amides is 1. The van der Waals surface area contributed by atoms with Crippen LogP contribution in [0.1, 0.15) is 12.1 Å². The van der Waals surface area contributed by atoms with Gasteiger partial charge in [0.15, 0.2) is 0 Å². The largest absolute Gasteiger partial charge is 0.464 e. The highest BCUT2D eigenvalue weighted by atomic mass is 16.7. The average Bonchev–Trinajstić information content (AvgIpc) is 2.55. The number of imidazole rings is 1. The summed E-state index contributed by atoms with van der Waals surface area (Å²) in [5.74, 6) is 0. The molecule has 0 fully saturated rings. The minimum atomic E-state index is -1.18. The van der Waals surface area contributed by atoms with E-state index in [9.17, 15) is 4.79 Å². The van der Waals surface area contributed by atoms with Gasteiger partial charge in [0.05, 0.1) is 18.6 Å². The van der Waals surface area contributed by atoms with E-state index in [1.807, 2.05) is 5.48 Å². The zero-order chi connectivity index (χ0) is 9.52. The zero-order valence-corrected chi connectivity index (χ0v) is 6.99. The van der Waals surface area contributed by atoms with Crippen LogP contribution in [0, 0.1) is 0 Å². The van der Waals surface area contributed by atoms with Crippen molar-refractivity contribution in [3.05, 3.63) is 18.2 Å². The summed E-state index contributed by atoms with van der Waals surface area (Å²) >= 11 is 0. The number of H-pyrrole nitrogens is 1. The Hall–Kier alpha value is -1.56. The van der Waals surface area contributed by atoms with E-state index in [0.29, 0.717) is 6.61 Å². The van der Waals surface area contributed by atoms with Gasteiger partial charge >= 0.3 is 6.09 Å². The van der Waals surface area contributed by atoms with Crippen molar-refractivity contribution in [3.63, 3.8) is 0 Å². The fraction of sp³-hybridized carbons (Fsp3) is 0.429. The first-order valence-electron chi connectivity index (χ1n) is 3.87. The van der Waals surface area contributed by atoms with Crippen LogP contribution in [0.15, 0.2) is 12.5 Å². The Morgan fingerprint density at radius 3 is 3.23 bits per heavy atom. The summed E-state index contributed by atoms with van der Waals surface area (Å²) in [5, 5.41) is 8.14. The fourth-order valence-electron chi connectivity index (χ4n) is 0.866. The molecule has 1 heterocycles. The van der Waals surface area contributed by atoms with Crippen molar-refractivity contribution in [2.24, 2.45) is 0 Å². The molecule has 13 heavy (non-hydrogen) atoms. The molecule has 0 aromatic carbocycles. The van der Waals surface area contributed by atoms with Crippen LogP contribution in [0.25, 0.3) is 0 Å². The fourth-order valence-corrected chi connectivity index (χ4v) is 0.866. The topological polar surface area (TPSA) is 87.2 Å². The lowest BCUT2D eigenvalue weighted by molar-refractivity contribution is 0.0410. The normalized spacial score (nSPS) is 9.85. The predicted octanol–water partition coefficient (Wildman–Crippen LogP) is 0.541. The van der Waals surface area contributed by atoms with Crippen molar-refractivity contribution >= 4 is 6.09 Å². The Bertz CT molecular complexity index is 247. The third-order valence-electron chi connectivity index (χ3n) is 1.39. The summed E-state index contributed by atoms with van der Waals surface area (Å²) in [6.45, 7) is 0.346. The number of hydroxylamine groups is 1. The number of nitrogens with zero attached hydrogens (tertiary/aromatic N) is 1. The molecule has 1 aromatic heterocycles. The Kier molecular flexibility index (Phi) is 3.77. The summed E-state index contributed by atoms with van der Waals surface area (Å²) in [6, 6.07) is 0. The van der Waals surface area contributed by atoms with Crippen LogP contribution in [0.4, 0.5) is 4.79 Å². The third-order valence-corrected chi connectivity index (χ3v) is 1.39. The Morgan fingerprint density at radius 2 is 2.62 bits per heavy atom. The highest BCUT2D eigenvalue weighted by molar-refractivity contribution is 5.62. The van der Waals surface area contributed by atoms with E-state index in [2.05, 4.69) is 14.8 Å². The molecule has 0 aliphatic heterocycles. The lowest BCUT2D eigenvalue weighted by atomic mass is 10.3. The molecule has 0 aliphatic carbocycles. The van der Waals surface area contributed by atoms with Gasteiger partial charge in [-0.15, -0.1) is 0 Å². The number of hydrogen-bond acceptors (Lipinski definition) is 3. The smallest absolute Gasteiger partial charge is 0.428 e. The highest BCUT2D eigenvalue weighted by Gasteiger charge is 1.96. The van der Waals surface area contributed by atoms with Crippen LogP contribution >= 0.6 is 0 Å². The van der Waals surface area contributed by atoms with Crippen LogP contribution < -0.4 is 5.48 Å². The maximum Gasteiger partial charge on any atom is 0.428 e. The average molecular weight is 185 g/mol. The maximum absolute atomic E-state index is 9.94. The summed E-state index contributed by atoms with van der Waals surface area (Å²) in [7, 11) is 0. The van der Waals surface area contributed by atoms with E-state index in [1.165, 1.54) is 0 Å². The van der Waals surface area contributed by atoms with Crippen LogP contribution in [0.2, 0.25) is 0 Å². The molecule has 0 saturated heterocycles. The summed E-state index contributed by atoms with van der Waals surface area (Å²) in [5.41, 5.74) is 2.76. The van der Waals surface area contributed by atoms with Crippen LogP contribution in [0.3, 0.4) is 0 Å². The van der Waals surface area contributed by atoms with Gasteiger partial charge in [0, 0.05) is 6.20 Å². The van der Waals surface area contributed by atoms with Crippen molar-refractivity contribution in [1.29, 1.82) is 0 Å². The summed E-state index contributed by atoms with van der Waals surface area (Å²) < 4.78 is 0. The van der Waals surface area contributed by atoms with Gasteiger partial charge in [0.1, 0.15) is 0 Å². The molecular weight excluding hydrogens is 174 g/mol. The van der Waals surface area contributed by atoms with E-state index >= 15 is 0 Å². The lowest BCUT2D eigenvalue weighted by Crippen LogP contribution is -2.21.